The number of nitrogens with zero attached hydrogens (tertiary/aromatic N) is 6. The molecule has 0 radical (unpaired) electrons. The fraction of sp³-hybridized carbons (Fsp3) is 0. The topological polar surface area (TPSA) is 95.8 Å². The van der Waals surface area contributed by atoms with Gasteiger partial charge in [-0.1, -0.05) is 146 Å². The van der Waals surface area contributed by atoms with Crippen LogP contribution in [0.15, 0.2) is 226 Å². The minimum atomic E-state index is -2.19. The van der Waals surface area contributed by atoms with Crippen molar-refractivity contribution in [1.29, 1.82) is 0 Å². The first-order chi connectivity index (χ1) is 31.2. The standard InChI is InChI=1S/C54H34N6O2S/c1-5-17-35(18-6-1)49-55-50(36-19-7-2-8-20-36)58-53(57-49)39-29-31-47-43(33-39)61-41-25-13-15-27-45(41)63(47)46-28-16-14-26-42(46)62-44-34-40(30-32-48(44)63)54-59-51(37-21-9-3-10-22-37)56-52(60-54)38-23-11-4-12-24-38/h1-34H. The largest absolute Gasteiger partial charge is 0.455 e. The number of benzene rings is 8. The zero-order valence-electron chi connectivity index (χ0n) is 33.5. The fourth-order valence-electron chi connectivity index (χ4n) is 8.36. The lowest BCUT2D eigenvalue weighted by atomic mass is 10.1. The van der Waals surface area contributed by atoms with Gasteiger partial charge < -0.3 is 9.47 Å². The second kappa shape index (κ2) is 15.0. The van der Waals surface area contributed by atoms with E-state index in [1.165, 1.54) is 0 Å². The van der Waals surface area contributed by atoms with Gasteiger partial charge in [-0.3, -0.25) is 0 Å². The van der Waals surface area contributed by atoms with Gasteiger partial charge in [-0.2, -0.15) is 0 Å². The summed E-state index contributed by atoms with van der Waals surface area (Å²) in [5, 5.41) is 0. The molecule has 8 aromatic carbocycles. The van der Waals surface area contributed by atoms with Crippen LogP contribution >= 0.6 is 10.0 Å². The van der Waals surface area contributed by atoms with Crippen molar-refractivity contribution in [3.05, 3.63) is 206 Å². The van der Waals surface area contributed by atoms with Crippen molar-refractivity contribution in [3.8, 4) is 91.3 Å². The molecule has 2 aliphatic heterocycles. The van der Waals surface area contributed by atoms with Gasteiger partial charge >= 0.3 is 0 Å². The molecule has 0 bridgehead atoms. The van der Waals surface area contributed by atoms with Crippen molar-refractivity contribution in [2.24, 2.45) is 0 Å². The van der Waals surface area contributed by atoms with Gasteiger partial charge in [0.1, 0.15) is 23.0 Å². The zero-order chi connectivity index (χ0) is 41.7. The normalized spacial score (nSPS) is 13.3. The van der Waals surface area contributed by atoms with Crippen LogP contribution in [0.4, 0.5) is 0 Å². The number of aromatic nitrogens is 6. The van der Waals surface area contributed by atoms with Crippen LogP contribution in [-0.2, 0) is 0 Å². The summed E-state index contributed by atoms with van der Waals surface area (Å²) < 4.78 is 13.8. The molecule has 0 amide bonds. The maximum atomic E-state index is 6.91. The molecule has 0 aliphatic carbocycles. The highest BCUT2D eigenvalue weighted by molar-refractivity contribution is 8.34. The first-order valence-electron chi connectivity index (χ1n) is 20.6. The zero-order valence-corrected chi connectivity index (χ0v) is 34.4. The summed E-state index contributed by atoms with van der Waals surface area (Å²) in [6.07, 6.45) is 0. The second-order valence-corrected chi connectivity index (χ2v) is 18.1. The molecule has 0 unspecified atom stereocenters. The van der Waals surface area contributed by atoms with Gasteiger partial charge in [-0.25, -0.2) is 29.9 Å². The summed E-state index contributed by atoms with van der Waals surface area (Å²) in [5.41, 5.74) is 5.25. The van der Waals surface area contributed by atoms with Gasteiger partial charge in [0.25, 0.3) is 0 Å². The third kappa shape index (κ3) is 6.25. The van der Waals surface area contributed by atoms with Crippen LogP contribution in [0.5, 0.6) is 23.0 Å². The van der Waals surface area contributed by atoms with Gasteiger partial charge in [0, 0.05) is 53.0 Å². The van der Waals surface area contributed by atoms with E-state index in [9.17, 15) is 0 Å². The van der Waals surface area contributed by atoms with Crippen molar-refractivity contribution in [2.75, 3.05) is 0 Å². The Morgan fingerprint density at radius 1 is 0.238 bits per heavy atom. The monoisotopic (exact) mass is 830 g/mol. The van der Waals surface area contributed by atoms with E-state index >= 15 is 0 Å². The van der Waals surface area contributed by atoms with Crippen LogP contribution in [0, 0.1) is 0 Å². The van der Waals surface area contributed by atoms with Crippen LogP contribution in [0.2, 0.25) is 0 Å². The molecule has 298 valence electrons. The molecule has 4 heterocycles. The Bertz CT molecular complexity index is 3010. The van der Waals surface area contributed by atoms with Crippen LogP contribution < -0.4 is 9.47 Å². The first-order valence-corrected chi connectivity index (χ1v) is 22.2. The molecule has 8 nitrogen and oxygen atoms in total. The van der Waals surface area contributed by atoms with Crippen LogP contribution in [0.3, 0.4) is 0 Å². The third-order valence-corrected chi connectivity index (χ3v) is 15.2. The van der Waals surface area contributed by atoms with E-state index in [-0.39, 0.29) is 0 Å². The lowest BCUT2D eigenvalue weighted by Crippen LogP contribution is -2.16. The summed E-state index contributed by atoms with van der Waals surface area (Å²) in [6, 6.07) is 69.5. The average Bonchev–Trinajstić information content (AvgIpc) is 3.36. The van der Waals surface area contributed by atoms with E-state index in [1.807, 2.05) is 133 Å². The van der Waals surface area contributed by atoms with Gasteiger partial charge in [0.05, 0.1) is 0 Å². The molecule has 0 saturated carbocycles. The number of hydrogen-bond donors (Lipinski definition) is 0. The molecule has 9 heteroatoms. The minimum absolute atomic E-state index is 0.552. The number of para-hydroxylation sites is 2. The quantitative estimate of drug-likeness (QED) is 0.163. The van der Waals surface area contributed by atoms with Gasteiger partial charge in [0.15, 0.2) is 34.9 Å². The molecule has 0 fully saturated rings. The van der Waals surface area contributed by atoms with E-state index in [0.717, 1.165) is 76.0 Å². The van der Waals surface area contributed by atoms with Crippen LogP contribution in [-0.4, -0.2) is 29.9 Å². The number of fused-ring (bicyclic) bond motifs is 8. The first kappa shape index (κ1) is 36.6. The Morgan fingerprint density at radius 3 is 0.841 bits per heavy atom. The Morgan fingerprint density at radius 2 is 0.508 bits per heavy atom. The summed E-state index contributed by atoms with van der Waals surface area (Å²) in [6.45, 7) is 0. The highest BCUT2D eigenvalue weighted by atomic mass is 32.3. The molecule has 0 N–H and O–H groups in total. The third-order valence-electron chi connectivity index (χ3n) is 11.3. The molecule has 63 heavy (non-hydrogen) atoms. The second-order valence-electron chi connectivity index (χ2n) is 15.1. The van der Waals surface area contributed by atoms with Crippen molar-refractivity contribution in [3.63, 3.8) is 0 Å². The highest BCUT2D eigenvalue weighted by Crippen LogP contribution is 2.83. The molecule has 1 spiro atoms. The lowest BCUT2D eigenvalue weighted by Gasteiger charge is -2.48. The Labute approximate surface area is 365 Å². The molecule has 10 aromatic rings. The van der Waals surface area contributed by atoms with Crippen molar-refractivity contribution >= 4 is 10.0 Å². The molecule has 2 aliphatic rings. The summed E-state index contributed by atoms with van der Waals surface area (Å²) >= 11 is 0. The molecular formula is C54H34N6O2S. The summed E-state index contributed by atoms with van der Waals surface area (Å²) in [5.74, 6) is 6.52. The molecule has 12 rings (SSSR count). The summed E-state index contributed by atoms with van der Waals surface area (Å²) in [4.78, 5) is 34.3. The predicted molar refractivity (Wildman–Crippen MR) is 246 cm³/mol. The number of hydrogen-bond acceptors (Lipinski definition) is 8. The van der Waals surface area contributed by atoms with Crippen LogP contribution in [0.25, 0.3) is 68.3 Å². The predicted octanol–water partition coefficient (Wildman–Crippen LogP) is 13.6. The maximum absolute atomic E-state index is 6.91. The minimum Gasteiger partial charge on any atom is -0.455 e. The van der Waals surface area contributed by atoms with Crippen molar-refractivity contribution < 1.29 is 9.47 Å². The summed E-state index contributed by atoms with van der Waals surface area (Å²) in [7, 11) is -2.19. The maximum Gasteiger partial charge on any atom is 0.164 e. The smallest absolute Gasteiger partial charge is 0.164 e. The van der Waals surface area contributed by atoms with E-state index in [1.54, 1.807) is 0 Å². The van der Waals surface area contributed by atoms with E-state index < -0.39 is 10.0 Å². The molecular weight excluding hydrogens is 797 g/mol. The van der Waals surface area contributed by atoms with Crippen molar-refractivity contribution in [1.82, 2.24) is 29.9 Å². The van der Waals surface area contributed by atoms with E-state index in [4.69, 9.17) is 39.4 Å². The van der Waals surface area contributed by atoms with Crippen LogP contribution in [0.1, 0.15) is 0 Å². The molecule has 0 atom stereocenters. The average molecular weight is 831 g/mol. The molecule has 2 aromatic heterocycles. The Balaban J connectivity index is 1.05. The highest BCUT2D eigenvalue weighted by Gasteiger charge is 2.46. The lowest BCUT2D eigenvalue weighted by molar-refractivity contribution is 0.440. The number of rotatable bonds is 6. The van der Waals surface area contributed by atoms with Crippen molar-refractivity contribution in [2.45, 2.75) is 19.6 Å². The Hall–Kier alpha value is -8.27. The fourth-order valence-corrected chi connectivity index (χ4v) is 12.5. The SMILES string of the molecule is c1ccc(-c2nc(-c3ccccc3)nc(-c3ccc4c(c3)Oc3ccccc3S43c4ccccc4Oc4cc(-c5nc(-c6ccccc6)nc(-c6ccccc6)n5)ccc43)n2)cc1. The Kier molecular flexibility index (Phi) is 8.72. The van der Waals surface area contributed by atoms with E-state index in [0.29, 0.717) is 34.9 Å². The van der Waals surface area contributed by atoms with Gasteiger partial charge in [0.2, 0.25) is 0 Å². The molecule has 0 saturated heterocycles. The number of ether oxygens (including phenoxy) is 2. The van der Waals surface area contributed by atoms with Gasteiger partial charge in [-0.05, 0) is 60.7 Å². The van der Waals surface area contributed by atoms with Gasteiger partial charge in [-0.15, -0.1) is 10.0 Å². The van der Waals surface area contributed by atoms with E-state index in [2.05, 4.69) is 72.8 Å².